The van der Waals surface area contributed by atoms with Crippen LogP contribution in [0.15, 0.2) is 60.7 Å². The van der Waals surface area contributed by atoms with Crippen LogP contribution in [0.1, 0.15) is 17.0 Å². The summed E-state index contributed by atoms with van der Waals surface area (Å²) in [6, 6.07) is 18.7. The Morgan fingerprint density at radius 1 is 0.800 bits per heavy atom. The average molecular weight is 336 g/mol. The smallest absolute Gasteiger partial charge is 0.273 e. The van der Waals surface area contributed by atoms with Crippen molar-refractivity contribution in [1.82, 2.24) is 9.80 Å². The molecular weight excluding hydrogens is 316 g/mol. The topological polar surface area (TPSA) is 57.7 Å². The minimum Gasteiger partial charge on any atom is -0.273 e. The van der Waals surface area contributed by atoms with Crippen LogP contribution in [0.4, 0.5) is 4.79 Å². The lowest BCUT2D eigenvalue weighted by Crippen LogP contribution is -2.58. The SMILES string of the molecule is CN1C(=O)C(C(Cc2ccccc2)c2ccccc2)C(=O)N(C)C1=O. The summed E-state index contributed by atoms with van der Waals surface area (Å²) in [5.74, 6) is -2.13. The summed E-state index contributed by atoms with van der Waals surface area (Å²) in [4.78, 5) is 39.6. The molecule has 0 radical (unpaired) electrons. The molecule has 3 rings (SSSR count). The molecule has 1 saturated heterocycles. The van der Waals surface area contributed by atoms with Crippen molar-refractivity contribution in [3.05, 3.63) is 71.8 Å². The van der Waals surface area contributed by atoms with E-state index >= 15 is 0 Å². The number of barbiturate groups is 1. The first-order valence-corrected chi connectivity index (χ1v) is 8.18. The largest absolute Gasteiger partial charge is 0.332 e. The van der Waals surface area contributed by atoms with Gasteiger partial charge < -0.3 is 0 Å². The third kappa shape index (κ3) is 3.18. The molecule has 0 aliphatic carbocycles. The van der Waals surface area contributed by atoms with E-state index in [-0.39, 0.29) is 5.92 Å². The van der Waals surface area contributed by atoms with Gasteiger partial charge in [-0.15, -0.1) is 0 Å². The molecule has 0 bridgehead atoms. The molecule has 2 aromatic carbocycles. The molecule has 1 atom stereocenters. The standard InChI is InChI=1S/C20H20N2O3/c1-21-18(23)17(19(24)22(2)20(21)25)16(15-11-7-4-8-12-15)13-14-9-5-3-6-10-14/h3-12,16-17H,13H2,1-2H3. The maximum Gasteiger partial charge on any atom is 0.332 e. The van der Waals surface area contributed by atoms with Crippen molar-refractivity contribution in [2.24, 2.45) is 5.92 Å². The Morgan fingerprint density at radius 3 is 1.80 bits per heavy atom. The van der Waals surface area contributed by atoms with Gasteiger partial charge in [0.05, 0.1) is 0 Å². The Bertz CT molecular complexity index is 765. The number of carbonyl (C=O) groups is 3. The van der Waals surface area contributed by atoms with Crippen LogP contribution in [0.3, 0.4) is 0 Å². The zero-order valence-electron chi connectivity index (χ0n) is 14.3. The van der Waals surface area contributed by atoms with Crippen molar-refractivity contribution in [3.8, 4) is 0 Å². The summed E-state index contributed by atoms with van der Waals surface area (Å²) in [7, 11) is 2.84. The van der Waals surface area contributed by atoms with E-state index in [9.17, 15) is 14.4 Å². The van der Waals surface area contributed by atoms with E-state index in [4.69, 9.17) is 0 Å². The molecule has 25 heavy (non-hydrogen) atoms. The van der Waals surface area contributed by atoms with Crippen molar-refractivity contribution < 1.29 is 14.4 Å². The normalized spacial score (nSPS) is 17.1. The highest BCUT2D eigenvalue weighted by Crippen LogP contribution is 2.33. The summed E-state index contributed by atoms with van der Waals surface area (Å²) in [5, 5.41) is 0. The lowest BCUT2D eigenvalue weighted by molar-refractivity contribution is -0.148. The highest BCUT2D eigenvalue weighted by Gasteiger charge is 2.46. The van der Waals surface area contributed by atoms with E-state index in [1.165, 1.54) is 14.1 Å². The zero-order valence-corrected chi connectivity index (χ0v) is 14.3. The second-order valence-corrected chi connectivity index (χ2v) is 6.26. The van der Waals surface area contributed by atoms with Crippen LogP contribution in [0.25, 0.3) is 0 Å². The van der Waals surface area contributed by atoms with E-state index in [1.54, 1.807) is 0 Å². The maximum absolute atomic E-state index is 12.8. The number of rotatable bonds is 4. The predicted octanol–water partition coefficient (Wildman–Crippen LogP) is 2.68. The van der Waals surface area contributed by atoms with Crippen LogP contribution in [0.5, 0.6) is 0 Å². The Morgan fingerprint density at radius 2 is 1.28 bits per heavy atom. The number of amides is 4. The number of benzene rings is 2. The third-order valence-electron chi connectivity index (χ3n) is 4.70. The molecule has 128 valence electrons. The first-order chi connectivity index (χ1) is 12.0. The molecule has 0 spiro atoms. The molecule has 0 saturated carbocycles. The lowest BCUT2D eigenvalue weighted by atomic mass is 9.79. The fourth-order valence-electron chi connectivity index (χ4n) is 3.28. The second kappa shape index (κ2) is 6.89. The van der Waals surface area contributed by atoms with E-state index in [0.29, 0.717) is 6.42 Å². The molecular formula is C20H20N2O3. The van der Waals surface area contributed by atoms with Crippen LogP contribution in [-0.4, -0.2) is 41.7 Å². The molecule has 1 unspecified atom stereocenters. The molecule has 1 aliphatic heterocycles. The number of carbonyl (C=O) groups excluding carboxylic acids is 3. The molecule has 1 aliphatic rings. The van der Waals surface area contributed by atoms with Gasteiger partial charge in [-0.2, -0.15) is 0 Å². The van der Waals surface area contributed by atoms with Crippen molar-refractivity contribution >= 4 is 17.8 Å². The minimum atomic E-state index is -0.907. The fourth-order valence-corrected chi connectivity index (χ4v) is 3.28. The summed E-state index contributed by atoms with van der Waals surface area (Å²) in [6.07, 6.45) is 0.545. The van der Waals surface area contributed by atoms with Crippen LogP contribution >= 0.6 is 0 Å². The Labute approximate surface area is 146 Å². The zero-order chi connectivity index (χ0) is 18.0. The Kier molecular flexibility index (Phi) is 4.65. The first-order valence-electron chi connectivity index (χ1n) is 8.18. The van der Waals surface area contributed by atoms with Crippen molar-refractivity contribution in [1.29, 1.82) is 0 Å². The summed E-state index contributed by atoms with van der Waals surface area (Å²) < 4.78 is 0. The molecule has 2 aromatic rings. The van der Waals surface area contributed by atoms with Gasteiger partial charge in [-0.05, 0) is 17.5 Å². The number of hydrogen-bond acceptors (Lipinski definition) is 3. The average Bonchev–Trinajstić information content (AvgIpc) is 2.65. The quantitative estimate of drug-likeness (QED) is 0.807. The lowest BCUT2D eigenvalue weighted by Gasteiger charge is -2.36. The van der Waals surface area contributed by atoms with Gasteiger partial charge in [0.15, 0.2) is 0 Å². The van der Waals surface area contributed by atoms with E-state index in [0.717, 1.165) is 20.9 Å². The van der Waals surface area contributed by atoms with Gasteiger partial charge in [-0.25, -0.2) is 4.79 Å². The molecule has 1 heterocycles. The summed E-state index contributed by atoms with van der Waals surface area (Å²) in [6.45, 7) is 0. The van der Waals surface area contributed by atoms with Crippen molar-refractivity contribution in [3.63, 3.8) is 0 Å². The van der Waals surface area contributed by atoms with Crippen LogP contribution in [-0.2, 0) is 16.0 Å². The van der Waals surface area contributed by atoms with Crippen molar-refractivity contribution in [2.45, 2.75) is 12.3 Å². The van der Waals surface area contributed by atoms with Gasteiger partial charge in [0.2, 0.25) is 11.8 Å². The number of hydrogen-bond donors (Lipinski definition) is 0. The molecule has 5 heteroatoms. The molecule has 0 aromatic heterocycles. The van der Waals surface area contributed by atoms with Crippen LogP contribution in [0, 0.1) is 5.92 Å². The molecule has 4 amide bonds. The molecule has 5 nitrogen and oxygen atoms in total. The molecule has 1 fully saturated rings. The van der Waals surface area contributed by atoms with E-state index in [1.807, 2.05) is 60.7 Å². The van der Waals surface area contributed by atoms with E-state index in [2.05, 4.69) is 0 Å². The van der Waals surface area contributed by atoms with Gasteiger partial charge in [-0.1, -0.05) is 60.7 Å². The summed E-state index contributed by atoms with van der Waals surface area (Å²) >= 11 is 0. The van der Waals surface area contributed by atoms with Crippen molar-refractivity contribution in [2.75, 3.05) is 14.1 Å². The van der Waals surface area contributed by atoms with Gasteiger partial charge >= 0.3 is 6.03 Å². The highest BCUT2D eigenvalue weighted by molar-refractivity contribution is 6.16. The number of urea groups is 1. The van der Waals surface area contributed by atoms with Gasteiger partial charge in [0.1, 0.15) is 5.92 Å². The van der Waals surface area contributed by atoms with Gasteiger partial charge in [0, 0.05) is 20.0 Å². The first kappa shape index (κ1) is 16.9. The summed E-state index contributed by atoms with van der Waals surface area (Å²) in [5.41, 5.74) is 1.95. The second-order valence-electron chi connectivity index (χ2n) is 6.26. The Balaban J connectivity index is 2.03. The monoisotopic (exact) mass is 336 g/mol. The predicted molar refractivity (Wildman–Crippen MR) is 93.8 cm³/mol. The van der Waals surface area contributed by atoms with Crippen LogP contribution in [0.2, 0.25) is 0 Å². The fraction of sp³-hybridized carbons (Fsp3) is 0.250. The highest BCUT2D eigenvalue weighted by atomic mass is 16.2. The maximum atomic E-state index is 12.8. The van der Waals surface area contributed by atoms with Crippen LogP contribution < -0.4 is 0 Å². The molecule has 0 N–H and O–H groups in total. The third-order valence-corrected chi connectivity index (χ3v) is 4.70. The van der Waals surface area contributed by atoms with Gasteiger partial charge in [0.25, 0.3) is 0 Å². The Hall–Kier alpha value is -2.95. The van der Waals surface area contributed by atoms with E-state index < -0.39 is 23.8 Å². The minimum absolute atomic E-state index is 0.332. The number of imide groups is 2. The number of nitrogens with zero attached hydrogens (tertiary/aromatic N) is 2. The van der Waals surface area contributed by atoms with Gasteiger partial charge in [-0.3, -0.25) is 19.4 Å².